The van der Waals surface area contributed by atoms with Crippen molar-refractivity contribution in [1.29, 1.82) is 0 Å². The summed E-state index contributed by atoms with van der Waals surface area (Å²) >= 11 is 0. The minimum atomic E-state index is -1.08. The number of carboxylic acids is 1. The highest BCUT2D eigenvalue weighted by atomic mass is 16.4. The molecule has 1 aliphatic rings. The molecule has 0 bridgehead atoms. The van der Waals surface area contributed by atoms with Gasteiger partial charge in [-0.15, -0.1) is 0 Å². The zero-order chi connectivity index (χ0) is 18.1. The lowest BCUT2D eigenvalue weighted by Crippen LogP contribution is -2.34. The van der Waals surface area contributed by atoms with Gasteiger partial charge in [-0.05, 0) is 55.0 Å². The van der Waals surface area contributed by atoms with Gasteiger partial charge in [0.1, 0.15) is 11.8 Å². The van der Waals surface area contributed by atoms with Crippen molar-refractivity contribution in [2.45, 2.75) is 19.4 Å². The topological polar surface area (TPSA) is 107 Å². The van der Waals surface area contributed by atoms with Gasteiger partial charge in [-0.1, -0.05) is 0 Å². The Balaban J connectivity index is 1.81. The molecule has 3 rings (SSSR count). The van der Waals surface area contributed by atoms with Crippen LogP contribution in [0.2, 0.25) is 0 Å². The monoisotopic (exact) mass is 340 g/mol. The molecule has 1 unspecified atom stereocenters. The standard InChI is InChI=1S/C18H16N2O5/c1-10-8-13(21)6-7-14(10)19-15-9-16(22)20(17(15)23)12-4-2-11(3-5-12)18(24)25/h2-8,15,19,21H,9H2,1H3,(H,24,25). The van der Waals surface area contributed by atoms with E-state index in [1.165, 1.54) is 30.3 Å². The van der Waals surface area contributed by atoms with Crippen LogP contribution in [0, 0.1) is 6.92 Å². The smallest absolute Gasteiger partial charge is 0.335 e. The van der Waals surface area contributed by atoms with E-state index in [-0.39, 0.29) is 23.6 Å². The fourth-order valence-corrected chi connectivity index (χ4v) is 2.77. The maximum Gasteiger partial charge on any atom is 0.335 e. The van der Waals surface area contributed by atoms with Gasteiger partial charge in [-0.2, -0.15) is 0 Å². The molecule has 128 valence electrons. The number of hydrogen-bond acceptors (Lipinski definition) is 5. The molecule has 1 atom stereocenters. The third-order valence-corrected chi connectivity index (χ3v) is 4.06. The number of anilines is 2. The molecular weight excluding hydrogens is 324 g/mol. The normalized spacial score (nSPS) is 17.0. The fourth-order valence-electron chi connectivity index (χ4n) is 2.77. The molecule has 7 heteroatoms. The molecule has 25 heavy (non-hydrogen) atoms. The number of aryl methyl sites for hydroxylation is 1. The number of amides is 2. The van der Waals surface area contributed by atoms with Crippen molar-refractivity contribution in [3.05, 3.63) is 53.6 Å². The summed E-state index contributed by atoms with van der Waals surface area (Å²) in [6, 6.07) is 9.57. The summed E-state index contributed by atoms with van der Waals surface area (Å²) in [7, 11) is 0. The molecule has 7 nitrogen and oxygen atoms in total. The molecule has 2 aromatic carbocycles. The van der Waals surface area contributed by atoms with Crippen LogP contribution in [-0.2, 0) is 9.59 Å². The maximum absolute atomic E-state index is 12.6. The van der Waals surface area contributed by atoms with E-state index in [1.54, 1.807) is 19.1 Å². The average Bonchev–Trinajstić information content (AvgIpc) is 2.84. The second kappa shape index (κ2) is 6.27. The van der Waals surface area contributed by atoms with Gasteiger partial charge >= 0.3 is 5.97 Å². The van der Waals surface area contributed by atoms with Crippen LogP contribution in [0.15, 0.2) is 42.5 Å². The molecule has 0 saturated carbocycles. The maximum atomic E-state index is 12.6. The molecule has 0 aromatic heterocycles. The van der Waals surface area contributed by atoms with Crippen LogP contribution < -0.4 is 10.2 Å². The summed E-state index contributed by atoms with van der Waals surface area (Å²) in [5, 5.41) is 21.4. The molecule has 2 aromatic rings. The summed E-state index contributed by atoms with van der Waals surface area (Å²) in [5.74, 6) is -1.72. The Hall–Kier alpha value is -3.35. The Morgan fingerprint density at radius 2 is 1.84 bits per heavy atom. The zero-order valence-electron chi connectivity index (χ0n) is 13.4. The third-order valence-electron chi connectivity index (χ3n) is 4.06. The Kier molecular flexibility index (Phi) is 4.14. The number of carbonyl (C=O) groups excluding carboxylic acids is 2. The van der Waals surface area contributed by atoms with E-state index in [1.807, 2.05) is 0 Å². The lowest BCUT2D eigenvalue weighted by molar-refractivity contribution is -0.121. The van der Waals surface area contributed by atoms with Gasteiger partial charge in [-0.3, -0.25) is 9.59 Å². The lowest BCUT2D eigenvalue weighted by atomic mass is 10.1. The number of hydrogen-bond donors (Lipinski definition) is 3. The molecule has 2 amide bonds. The second-order valence-electron chi connectivity index (χ2n) is 5.82. The summed E-state index contributed by atoms with van der Waals surface area (Å²) in [5.41, 5.74) is 1.83. The highest BCUT2D eigenvalue weighted by Crippen LogP contribution is 2.27. The number of carbonyl (C=O) groups is 3. The van der Waals surface area contributed by atoms with Crippen LogP contribution in [-0.4, -0.2) is 34.0 Å². The molecule has 1 saturated heterocycles. The predicted molar refractivity (Wildman–Crippen MR) is 90.8 cm³/mol. The van der Waals surface area contributed by atoms with Crippen LogP contribution >= 0.6 is 0 Å². The molecule has 0 radical (unpaired) electrons. The number of aromatic carboxylic acids is 1. The average molecular weight is 340 g/mol. The van der Waals surface area contributed by atoms with E-state index in [9.17, 15) is 19.5 Å². The van der Waals surface area contributed by atoms with Gasteiger partial charge in [0.25, 0.3) is 5.91 Å². The number of nitrogens with one attached hydrogen (secondary N) is 1. The van der Waals surface area contributed by atoms with Crippen LogP contribution in [0.25, 0.3) is 0 Å². The van der Waals surface area contributed by atoms with Crippen LogP contribution in [0.1, 0.15) is 22.3 Å². The van der Waals surface area contributed by atoms with Gasteiger partial charge < -0.3 is 15.5 Å². The molecule has 1 fully saturated rings. The van der Waals surface area contributed by atoms with E-state index in [0.29, 0.717) is 11.4 Å². The van der Waals surface area contributed by atoms with E-state index >= 15 is 0 Å². The van der Waals surface area contributed by atoms with Crippen molar-refractivity contribution in [3.63, 3.8) is 0 Å². The number of aromatic hydroxyl groups is 1. The number of nitrogens with zero attached hydrogens (tertiary/aromatic N) is 1. The van der Waals surface area contributed by atoms with Gasteiger partial charge in [0, 0.05) is 5.69 Å². The first kappa shape index (κ1) is 16.5. The minimum Gasteiger partial charge on any atom is -0.508 e. The van der Waals surface area contributed by atoms with Crippen LogP contribution in [0.5, 0.6) is 5.75 Å². The van der Waals surface area contributed by atoms with Crippen molar-refractivity contribution >= 4 is 29.2 Å². The summed E-state index contributed by atoms with van der Waals surface area (Å²) in [6.07, 6.45) is -0.000167. The summed E-state index contributed by atoms with van der Waals surface area (Å²) < 4.78 is 0. The molecule has 0 spiro atoms. The van der Waals surface area contributed by atoms with Gasteiger partial charge in [0.15, 0.2) is 0 Å². The van der Waals surface area contributed by atoms with E-state index in [2.05, 4.69) is 5.32 Å². The first-order valence-corrected chi connectivity index (χ1v) is 7.63. The Labute approximate surface area is 143 Å². The van der Waals surface area contributed by atoms with Crippen LogP contribution in [0.3, 0.4) is 0 Å². The van der Waals surface area contributed by atoms with Crippen molar-refractivity contribution in [3.8, 4) is 5.75 Å². The summed E-state index contributed by atoms with van der Waals surface area (Å²) in [4.78, 5) is 36.8. The predicted octanol–water partition coefficient (Wildman–Crippen LogP) is 2.14. The Bertz CT molecular complexity index is 860. The molecule has 3 N–H and O–H groups in total. The zero-order valence-corrected chi connectivity index (χ0v) is 13.4. The van der Waals surface area contributed by atoms with Crippen molar-refractivity contribution in [1.82, 2.24) is 0 Å². The Morgan fingerprint density at radius 1 is 1.16 bits per heavy atom. The van der Waals surface area contributed by atoms with Gasteiger partial charge in [0.2, 0.25) is 5.91 Å². The fraction of sp³-hybridized carbons (Fsp3) is 0.167. The SMILES string of the molecule is Cc1cc(O)ccc1NC1CC(=O)N(c2ccc(C(=O)O)cc2)C1=O. The highest BCUT2D eigenvalue weighted by molar-refractivity contribution is 6.23. The molecular formula is C18H16N2O5. The van der Waals surface area contributed by atoms with E-state index < -0.39 is 17.9 Å². The number of rotatable bonds is 4. The van der Waals surface area contributed by atoms with E-state index in [4.69, 9.17) is 5.11 Å². The first-order valence-electron chi connectivity index (χ1n) is 7.63. The largest absolute Gasteiger partial charge is 0.508 e. The number of imide groups is 1. The molecule has 0 aliphatic carbocycles. The molecule has 1 aliphatic heterocycles. The van der Waals surface area contributed by atoms with Crippen molar-refractivity contribution in [2.75, 3.05) is 10.2 Å². The first-order chi connectivity index (χ1) is 11.9. The number of carboxylic acid groups (broad SMARTS) is 1. The number of phenolic OH excluding ortho intramolecular Hbond substituents is 1. The van der Waals surface area contributed by atoms with Gasteiger partial charge in [0.05, 0.1) is 17.7 Å². The Morgan fingerprint density at radius 3 is 2.44 bits per heavy atom. The molecule has 1 heterocycles. The number of benzene rings is 2. The summed E-state index contributed by atoms with van der Waals surface area (Å²) in [6.45, 7) is 1.78. The lowest BCUT2D eigenvalue weighted by Gasteiger charge is -2.17. The highest BCUT2D eigenvalue weighted by Gasteiger charge is 2.39. The third kappa shape index (κ3) is 3.16. The second-order valence-corrected chi connectivity index (χ2v) is 5.82. The van der Waals surface area contributed by atoms with Crippen molar-refractivity contribution in [2.24, 2.45) is 0 Å². The number of phenols is 1. The van der Waals surface area contributed by atoms with E-state index in [0.717, 1.165) is 10.5 Å². The van der Waals surface area contributed by atoms with Crippen LogP contribution in [0.4, 0.5) is 11.4 Å². The quantitative estimate of drug-likeness (QED) is 0.581. The van der Waals surface area contributed by atoms with Crippen molar-refractivity contribution < 1.29 is 24.6 Å². The minimum absolute atomic E-state index is 0.000167. The van der Waals surface area contributed by atoms with Gasteiger partial charge in [-0.25, -0.2) is 9.69 Å².